The molecule has 5 N–H and O–H groups in total. The molecule has 0 saturated carbocycles. The maximum Gasteiger partial charge on any atom is 0.250 e. The van der Waals surface area contributed by atoms with E-state index in [0.29, 0.717) is 11.3 Å². The van der Waals surface area contributed by atoms with Gasteiger partial charge in [-0.15, -0.1) is 0 Å². The molecule has 0 saturated heterocycles. The van der Waals surface area contributed by atoms with E-state index in [1.54, 1.807) is 6.92 Å². The number of phenolic OH excluding ortho intramolecular Hbond substituents is 1. The first kappa shape index (κ1) is 8.39. The average Bonchev–Trinajstić information content (AvgIpc) is 1.96. The number of rotatable bonds is 1. The quantitative estimate of drug-likeness (QED) is 0.416. The fourth-order valence-corrected chi connectivity index (χ4v) is 0.983. The molecule has 1 rings (SSSR count). The topological polar surface area (TPSA) is 89.3 Å². The maximum atomic E-state index is 10.8. The molecule has 0 bridgehead atoms. The fraction of sp³-hybridized carbons (Fsp3) is 0.125. The lowest BCUT2D eigenvalue weighted by molar-refractivity contribution is 0.100. The molecule has 0 aliphatic carbocycles. The van der Waals surface area contributed by atoms with Crippen LogP contribution < -0.4 is 11.5 Å². The number of hydrogen-bond donors (Lipinski definition) is 3. The van der Waals surface area contributed by atoms with Crippen molar-refractivity contribution in [1.29, 1.82) is 0 Å². The van der Waals surface area contributed by atoms with Gasteiger partial charge in [0.05, 0.1) is 5.56 Å². The zero-order valence-electron chi connectivity index (χ0n) is 6.66. The number of nitrogens with two attached hydrogens (primary N) is 2. The van der Waals surface area contributed by atoms with Crippen molar-refractivity contribution < 1.29 is 9.90 Å². The van der Waals surface area contributed by atoms with Gasteiger partial charge in [0, 0.05) is 5.69 Å². The lowest BCUT2D eigenvalue weighted by atomic mass is 10.1. The highest BCUT2D eigenvalue weighted by Crippen LogP contribution is 2.22. The Morgan fingerprint density at radius 2 is 2.08 bits per heavy atom. The van der Waals surface area contributed by atoms with Crippen LogP contribution in [0.25, 0.3) is 0 Å². The molecule has 1 amide bonds. The molecule has 0 aromatic heterocycles. The van der Waals surface area contributed by atoms with Crippen molar-refractivity contribution in [1.82, 2.24) is 0 Å². The van der Waals surface area contributed by atoms with Crippen molar-refractivity contribution in [2.45, 2.75) is 6.92 Å². The van der Waals surface area contributed by atoms with E-state index in [-0.39, 0.29) is 11.3 Å². The number of amides is 1. The molecule has 0 heterocycles. The third-order valence-electron chi connectivity index (χ3n) is 1.64. The number of carbonyl (C=O) groups excluding carboxylic acids is 1. The minimum Gasteiger partial charge on any atom is -0.508 e. The maximum absolute atomic E-state index is 10.8. The van der Waals surface area contributed by atoms with Crippen LogP contribution in [0.4, 0.5) is 5.69 Å². The Labute approximate surface area is 69.8 Å². The molecule has 4 heteroatoms. The number of aromatic hydroxyl groups is 1. The number of phenols is 1. The Balaban J connectivity index is 3.37. The molecule has 1 aromatic rings. The number of carbonyl (C=O) groups is 1. The van der Waals surface area contributed by atoms with E-state index < -0.39 is 5.91 Å². The number of anilines is 1. The first-order valence-corrected chi connectivity index (χ1v) is 3.41. The van der Waals surface area contributed by atoms with Gasteiger partial charge >= 0.3 is 0 Å². The van der Waals surface area contributed by atoms with Crippen LogP contribution in [-0.4, -0.2) is 11.0 Å². The molecule has 1 aromatic carbocycles. The molecule has 0 radical (unpaired) electrons. The summed E-state index contributed by atoms with van der Waals surface area (Å²) in [6, 6.07) is 2.73. The smallest absolute Gasteiger partial charge is 0.250 e. The summed E-state index contributed by atoms with van der Waals surface area (Å²) in [5.41, 5.74) is 11.7. The number of benzene rings is 1. The molecule has 64 valence electrons. The lowest BCUT2D eigenvalue weighted by Crippen LogP contribution is -2.14. The van der Waals surface area contributed by atoms with E-state index >= 15 is 0 Å². The van der Waals surface area contributed by atoms with Crippen LogP contribution in [0.15, 0.2) is 12.1 Å². The van der Waals surface area contributed by atoms with Crippen LogP contribution in [-0.2, 0) is 0 Å². The van der Waals surface area contributed by atoms with Gasteiger partial charge in [-0.05, 0) is 24.6 Å². The van der Waals surface area contributed by atoms with Crippen molar-refractivity contribution in [3.63, 3.8) is 0 Å². The highest BCUT2D eigenvalue weighted by Gasteiger charge is 2.08. The van der Waals surface area contributed by atoms with Crippen LogP contribution in [0.5, 0.6) is 5.75 Å². The molecule has 4 nitrogen and oxygen atoms in total. The van der Waals surface area contributed by atoms with E-state index in [1.165, 1.54) is 12.1 Å². The highest BCUT2D eigenvalue weighted by molar-refractivity contribution is 5.99. The first-order chi connectivity index (χ1) is 5.52. The lowest BCUT2D eigenvalue weighted by Gasteiger charge is -2.05. The highest BCUT2D eigenvalue weighted by atomic mass is 16.3. The molecule has 0 unspecified atom stereocenters. The minimum absolute atomic E-state index is 0.00417. The molecule has 0 aliphatic rings. The molecule has 0 aliphatic heterocycles. The van der Waals surface area contributed by atoms with Gasteiger partial charge < -0.3 is 16.6 Å². The van der Waals surface area contributed by atoms with Crippen molar-refractivity contribution in [3.8, 4) is 5.75 Å². The fourth-order valence-electron chi connectivity index (χ4n) is 0.983. The van der Waals surface area contributed by atoms with Gasteiger partial charge in [0.2, 0.25) is 0 Å². The summed E-state index contributed by atoms with van der Waals surface area (Å²) < 4.78 is 0. The Kier molecular flexibility index (Phi) is 1.91. The van der Waals surface area contributed by atoms with Gasteiger partial charge in [0.1, 0.15) is 5.75 Å². The van der Waals surface area contributed by atoms with Gasteiger partial charge in [-0.2, -0.15) is 0 Å². The zero-order valence-corrected chi connectivity index (χ0v) is 6.66. The summed E-state index contributed by atoms with van der Waals surface area (Å²) >= 11 is 0. The standard InChI is InChI=1S/C8H10N2O2/c1-4-2-5(11)3-6(7(4)9)8(10)12/h2-3,11H,9H2,1H3,(H2,10,12). The third kappa shape index (κ3) is 1.32. The monoisotopic (exact) mass is 166 g/mol. The molecular weight excluding hydrogens is 156 g/mol. The van der Waals surface area contributed by atoms with Crippen molar-refractivity contribution in [2.75, 3.05) is 5.73 Å². The SMILES string of the molecule is Cc1cc(O)cc(C(N)=O)c1N. The molecule has 0 fully saturated rings. The predicted molar refractivity (Wildman–Crippen MR) is 45.8 cm³/mol. The van der Waals surface area contributed by atoms with E-state index in [0.717, 1.165) is 0 Å². The number of primary amides is 1. The predicted octanol–water partition coefficient (Wildman–Crippen LogP) is 0.382. The van der Waals surface area contributed by atoms with Crippen LogP contribution in [0, 0.1) is 6.92 Å². The summed E-state index contributed by atoms with van der Waals surface area (Å²) in [7, 11) is 0. The Morgan fingerprint density at radius 3 is 2.58 bits per heavy atom. The molecule has 0 atom stereocenters. The van der Waals surface area contributed by atoms with E-state index in [1.807, 2.05) is 0 Å². The van der Waals surface area contributed by atoms with E-state index in [9.17, 15) is 4.79 Å². The number of aryl methyl sites for hydroxylation is 1. The number of hydrogen-bond acceptors (Lipinski definition) is 3. The van der Waals surface area contributed by atoms with Gasteiger partial charge in [-0.1, -0.05) is 0 Å². The normalized spacial score (nSPS) is 9.75. The second-order valence-corrected chi connectivity index (χ2v) is 2.59. The number of nitrogen functional groups attached to an aromatic ring is 1. The van der Waals surface area contributed by atoms with Gasteiger partial charge in [-0.3, -0.25) is 4.79 Å². The second kappa shape index (κ2) is 2.73. The van der Waals surface area contributed by atoms with Crippen molar-refractivity contribution in [2.24, 2.45) is 5.73 Å². The molecular formula is C8H10N2O2. The average molecular weight is 166 g/mol. The Bertz CT molecular complexity index is 334. The summed E-state index contributed by atoms with van der Waals surface area (Å²) in [6.07, 6.45) is 0. The van der Waals surface area contributed by atoms with Crippen molar-refractivity contribution in [3.05, 3.63) is 23.3 Å². The first-order valence-electron chi connectivity index (χ1n) is 3.41. The van der Waals surface area contributed by atoms with Crippen LogP contribution in [0.2, 0.25) is 0 Å². The molecule has 0 spiro atoms. The summed E-state index contributed by atoms with van der Waals surface area (Å²) in [5.74, 6) is -0.637. The van der Waals surface area contributed by atoms with E-state index in [4.69, 9.17) is 16.6 Å². The largest absolute Gasteiger partial charge is 0.508 e. The van der Waals surface area contributed by atoms with Crippen LogP contribution in [0.3, 0.4) is 0 Å². The van der Waals surface area contributed by atoms with E-state index in [2.05, 4.69) is 0 Å². The Morgan fingerprint density at radius 1 is 1.50 bits per heavy atom. The minimum atomic E-state index is -0.633. The van der Waals surface area contributed by atoms with Gasteiger partial charge in [0.25, 0.3) is 5.91 Å². The van der Waals surface area contributed by atoms with Crippen LogP contribution in [0.1, 0.15) is 15.9 Å². The molecule has 12 heavy (non-hydrogen) atoms. The van der Waals surface area contributed by atoms with Crippen molar-refractivity contribution >= 4 is 11.6 Å². The van der Waals surface area contributed by atoms with Crippen LogP contribution >= 0.6 is 0 Å². The van der Waals surface area contributed by atoms with Gasteiger partial charge in [-0.25, -0.2) is 0 Å². The second-order valence-electron chi connectivity index (χ2n) is 2.59. The third-order valence-corrected chi connectivity index (χ3v) is 1.64. The zero-order chi connectivity index (χ0) is 9.30. The Hall–Kier alpha value is -1.71. The van der Waals surface area contributed by atoms with Gasteiger partial charge in [0.15, 0.2) is 0 Å². The summed E-state index contributed by atoms with van der Waals surface area (Å²) in [6.45, 7) is 1.70. The summed E-state index contributed by atoms with van der Waals surface area (Å²) in [4.78, 5) is 10.8. The summed E-state index contributed by atoms with van der Waals surface area (Å²) in [5, 5.41) is 9.10.